The molecule has 1 aliphatic heterocycles. The number of hydrogen-bond donors (Lipinski definition) is 1. The maximum absolute atomic E-state index is 5.94. The topological polar surface area (TPSA) is 51.5 Å². The molecule has 2 heterocycles. The van der Waals surface area contributed by atoms with Crippen molar-refractivity contribution in [1.82, 2.24) is 20.0 Å². The lowest BCUT2D eigenvalue weighted by Crippen LogP contribution is -2.47. The van der Waals surface area contributed by atoms with Gasteiger partial charge in [0.05, 0.1) is 37.8 Å². The number of likely N-dealkylation sites (N-methyl/N-ethyl adjacent to an activating group) is 2. The van der Waals surface area contributed by atoms with Crippen LogP contribution in [0.3, 0.4) is 0 Å². The number of nitrogens with zero attached hydrogens (tertiary/aromatic N) is 3. The Morgan fingerprint density at radius 1 is 1.58 bits per heavy atom. The Morgan fingerprint density at radius 3 is 3.00 bits per heavy atom. The summed E-state index contributed by atoms with van der Waals surface area (Å²) in [6.45, 7) is 5.64. The maximum atomic E-state index is 5.94. The summed E-state index contributed by atoms with van der Waals surface area (Å²) < 4.78 is 13.2. The number of hydrogen-bond acceptors (Lipinski definition) is 5. The van der Waals surface area contributed by atoms with Crippen molar-refractivity contribution >= 4 is 0 Å². The van der Waals surface area contributed by atoms with Gasteiger partial charge < -0.3 is 19.7 Å². The fraction of sp³-hybridized carbons (Fsp3) is 0.769. The molecule has 2 atom stereocenters. The molecule has 0 bridgehead atoms. The van der Waals surface area contributed by atoms with E-state index in [-0.39, 0.29) is 12.1 Å². The van der Waals surface area contributed by atoms with Gasteiger partial charge in [0.25, 0.3) is 0 Å². The quantitative estimate of drug-likeness (QED) is 0.838. The zero-order valence-electron chi connectivity index (χ0n) is 12.2. The van der Waals surface area contributed by atoms with Crippen LogP contribution < -0.4 is 10.1 Å². The second-order valence-corrected chi connectivity index (χ2v) is 4.93. The lowest BCUT2D eigenvalue weighted by Gasteiger charge is -2.35. The Balaban J connectivity index is 2.25. The van der Waals surface area contributed by atoms with Crippen LogP contribution in [0.2, 0.25) is 0 Å². The average molecular weight is 268 g/mol. The lowest BCUT2D eigenvalue weighted by atomic mass is 10.0. The number of nitrogens with one attached hydrogen (secondary N) is 1. The number of aryl methyl sites for hydroxylation is 1. The third kappa shape index (κ3) is 3.08. The van der Waals surface area contributed by atoms with E-state index < -0.39 is 0 Å². The van der Waals surface area contributed by atoms with Crippen molar-refractivity contribution in [2.45, 2.75) is 19.1 Å². The summed E-state index contributed by atoms with van der Waals surface area (Å²) in [7, 11) is 5.74. The molecule has 0 spiro atoms. The third-order valence-electron chi connectivity index (χ3n) is 3.56. The summed E-state index contributed by atoms with van der Waals surface area (Å²) in [4.78, 5) is 2.29. The highest BCUT2D eigenvalue weighted by Gasteiger charge is 2.31. The van der Waals surface area contributed by atoms with E-state index in [1.807, 2.05) is 11.7 Å². The molecule has 6 nitrogen and oxygen atoms in total. The molecular weight excluding hydrogens is 244 g/mol. The predicted molar refractivity (Wildman–Crippen MR) is 73.4 cm³/mol. The van der Waals surface area contributed by atoms with Gasteiger partial charge in [-0.15, -0.1) is 0 Å². The van der Waals surface area contributed by atoms with Crippen LogP contribution in [0.25, 0.3) is 0 Å². The van der Waals surface area contributed by atoms with Gasteiger partial charge in [0, 0.05) is 20.1 Å². The zero-order valence-corrected chi connectivity index (χ0v) is 12.2. The number of ether oxygens (including phenoxy) is 2. The van der Waals surface area contributed by atoms with Crippen LogP contribution >= 0.6 is 0 Å². The summed E-state index contributed by atoms with van der Waals surface area (Å²) in [5, 5.41) is 7.79. The molecule has 1 aromatic heterocycles. The lowest BCUT2D eigenvalue weighted by molar-refractivity contribution is -0.0406. The van der Waals surface area contributed by atoms with E-state index in [4.69, 9.17) is 9.47 Å². The normalized spacial score (nSPS) is 22.4. The maximum Gasteiger partial charge on any atom is 0.161 e. The van der Waals surface area contributed by atoms with E-state index in [9.17, 15) is 0 Å². The van der Waals surface area contributed by atoms with E-state index in [1.165, 1.54) is 0 Å². The summed E-state index contributed by atoms with van der Waals surface area (Å²) in [5.74, 6) is 0.810. The first-order valence-corrected chi connectivity index (χ1v) is 6.76. The first-order valence-electron chi connectivity index (χ1n) is 6.76. The number of aromatic nitrogens is 2. The molecule has 19 heavy (non-hydrogen) atoms. The molecule has 0 aliphatic carbocycles. The second kappa shape index (κ2) is 6.36. The van der Waals surface area contributed by atoms with Gasteiger partial charge in [0.1, 0.15) is 0 Å². The van der Waals surface area contributed by atoms with Crippen LogP contribution in [0.1, 0.15) is 18.7 Å². The van der Waals surface area contributed by atoms with Crippen LogP contribution in [-0.2, 0) is 11.8 Å². The second-order valence-electron chi connectivity index (χ2n) is 4.93. The fourth-order valence-corrected chi connectivity index (χ4v) is 2.58. The van der Waals surface area contributed by atoms with Gasteiger partial charge in [-0.3, -0.25) is 4.68 Å². The van der Waals surface area contributed by atoms with Crippen LogP contribution in [0.4, 0.5) is 0 Å². The van der Waals surface area contributed by atoms with Crippen LogP contribution in [0.15, 0.2) is 6.20 Å². The average Bonchev–Trinajstić information content (AvgIpc) is 2.77. The smallest absolute Gasteiger partial charge is 0.161 e. The van der Waals surface area contributed by atoms with Crippen molar-refractivity contribution in [1.29, 1.82) is 0 Å². The van der Waals surface area contributed by atoms with Gasteiger partial charge in [-0.25, -0.2) is 0 Å². The van der Waals surface area contributed by atoms with E-state index in [0.29, 0.717) is 0 Å². The van der Waals surface area contributed by atoms with Crippen molar-refractivity contribution in [3.8, 4) is 5.75 Å². The van der Waals surface area contributed by atoms with Crippen molar-refractivity contribution < 1.29 is 9.47 Å². The Morgan fingerprint density at radius 2 is 2.37 bits per heavy atom. The largest absolute Gasteiger partial charge is 0.493 e. The zero-order chi connectivity index (χ0) is 13.8. The first-order chi connectivity index (χ1) is 9.17. The fourth-order valence-electron chi connectivity index (χ4n) is 2.58. The number of rotatable bonds is 5. The van der Waals surface area contributed by atoms with Crippen molar-refractivity contribution in [3.63, 3.8) is 0 Å². The Hall–Kier alpha value is -1.11. The molecule has 1 saturated heterocycles. The molecule has 1 aromatic rings. The molecule has 1 fully saturated rings. The van der Waals surface area contributed by atoms with E-state index in [2.05, 4.69) is 29.3 Å². The molecule has 0 amide bonds. The van der Waals surface area contributed by atoms with Crippen LogP contribution in [0.5, 0.6) is 5.75 Å². The molecule has 1 aliphatic rings. The van der Waals surface area contributed by atoms with Crippen molar-refractivity contribution in [3.05, 3.63) is 11.9 Å². The van der Waals surface area contributed by atoms with Gasteiger partial charge in [-0.1, -0.05) is 6.92 Å². The van der Waals surface area contributed by atoms with Crippen molar-refractivity contribution in [2.24, 2.45) is 7.05 Å². The third-order valence-corrected chi connectivity index (χ3v) is 3.56. The summed E-state index contributed by atoms with van der Waals surface area (Å²) >= 11 is 0. The first kappa shape index (κ1) is 14.3. The van der Waals surface area contributed by atoms with E-state index in [1.54, 1.807) is 13.3 Å². The minimum Gasteiger partial charge on any atom is -0.493 e. The Labute approximate surface area is 114 Å². The van der Waals surface area contributed by atoms with Crippen LogP contribution in [-0.4, -0.2) is 61.2 Å². The standard InChI is InChI=1S/C13H24N4O2/c1-5-14-12(11-9-16(2)6-7-19-11)13-10(18-4)8-15-17(13)3/h8,11-12,14H,5-7,9H2,1-4H3. The highest BCUT2D eigenvalue weighted by molar-refractivity contribution is 5.29. The molecule has 2 unspecified atom stereocenters. The van der Waals surface area contributed by atoms with Gasteiger partial charge in [0.2, 0.25) is 0 Å². The summed E-state index contributed by atoms with van der Waals surface area (Å²) in [6, 6.07) is 0.0928. The highest BCUT2D eigenvalue weighted by Crippen LogP contribution is 2.29. The molecule has 108 valence electrons. The van der Waals surface area contributed by atoms with Gasteiger partial charge in [-0.05, 0) is 13.6 Å². The van der Waals surface area contributed by atoms with Crippen molar-refractivity contribution in [2.75, 3.05) is 40.4 Å². The van der Waals surface area contributed by atoms with E-state index in [0.717, 1.165) is 37.7 Å². The molecular formula is C13H24N4O2. The predicted octanol–water partition coefficient (Wildman–Crippen LogP) is 0.410. The molecule has 2 rings (SSSR count). The SMILES string of the molecule is CCNC(c1c(OC)cnn1C)C1CN(C)CCO1. The summed E-state index contributed by atoms with van der Waals surface area (Å²) in [5.41, 5.74) is 1.05. The minimum absolute atomic E-state index is 0.0928. The highest BCUT2D eigenvalue weighted by atomic mass is 16.5. The molecule has 0 aromatic carbocycles. The molecule has 1 N–H and O–H groups in total. The molecule has 0 saturated carbocycles. The number of morpholine rings is 1. The van der Waals surface area contributed by atoms with Gasteiger partial charge in [0.15, 0.2) is 5.75 Å². The van der Waals surface area contributed by atoms with Gasteiger partial charge >= 0.3 is 0 Å². The van der Waals surface area contributed by atoms with Crippen LogP contribution in [0, 0.1) is 0 Å². The van der Waals surface area contributed by atoms with E-state index >= 15 is 0 Å². The minimum atomic E-state index is 0.0928. The van der Waals surface area contributed by atoms with Gasteiger partial charge in [-0.2, -0.15) is 5.10 Å². The summed E-state index contributed by atoms with van der Waals surface area (Å²) in [6.07, 6.45) is 1.87. The monoisotopic (exact) mass is 268 g/mol. The number of methoxy groups -OCH3 is 1. The molecule has 0 radical (unpaired) electrons. The Kier molecular flexibility index (Phi) is 4.79. The molecule has 6 heteroatoms. The Bertz CT molecular complexity index is 407.